The predicted octanol–water partition coefficient (Wildman–Crippen LogP) is 2.74. The third-order valence-corrected chi connectivity index (χ3v) is 5.02. The minimum Gasteiger partial charge on any atom is -0.507 e. The van der Waals surface area contributed by atoms with Crippen LogP contribution in [0.25, 0.3) is 27.2 Å². The number of imidazole rings is 1. The molecule has 2 aromatic heterocycles. The number of aromatic amines is 1. The van der Waals surface area contributed by atoms with Crippen LogP contribution in [0.3, 0.4) is 0 Å². The first-order chi connectivity index (χ1) is 12.8. The van der Waals surface area contributed by atoms with Crippen LogP contribution < -0.4 is 22.1 Å². The number of nitrogens with two attached hydrogens (primary N) is 2. The molecule has 0 amide bonds. The zero-order valence-electron chi connectivity index (χ0n) is 15.4. The molecular formula is C20H21N5O2. The van der Waals surface area contributed by atoms with Gasteiger partial charge in [-0.3, -0.25) is 4.40 Å². The number of nitrogen functional groups attached to an aromatic ring is 2. The van der Waals surface area contributed by atoms with Crippen LogP contribution in [0.15, 0.2) is 41.3 Å². The molecule has 0 aliphatic rings. The van der Waals surface area contributed by atoms with Gasteiger partial charge in [-0.05, 0) is 42.1 Å². The number of H-pyrrole nitrogens is 1. The summed E-state index contributed by atoms with van der Waals surface area (Å²) in [5.41, 5.74) is 16.2. The highest BCUT2D eigenvalue weighted by molar-refractivity contribution is 6.00. The quantitative estimate of drug-likeness (QED) is 0.388. The molecule has 7 nitrogen and oxygen atoms in total. The number of phenolic OH excluding ortho intramolecular Hbond substituents is 1. The molecule has 2 heterocycles. The molecule has 0 saturated heterocycles. The summed E-state index contributed by atoms with van der Waals surface area (Å²) in [6.07, 6.45) is 1.58. The first kappa shape index (κ1) is 16.8. The minimum absolute atomic E-state index is 0.0148. The van der Waals surface area contributed by atoms with Crippen LogP contribution in [-0.4, -0.2) is 28.6 Å². The van der Waals surface area contributed by atoms with Crippen LogP contribution in [-0.2, 0) is 0 Å². The Morgan fingerprint density at radius 2 is 1.81 bits per heavy atom. The highest BCUT2D eigenvalue weighted by atomic mass is 16.3. The number of aromatic hydroxyl groups is 1. The Labute approximate surface area is 155 Å². The van der Waals surface area contributed by atoms with E-state index >= 15 is 0 Å². The van der Waals surface area contributed by atoms with Gasteiger partial charge >= 0.3 is 5.69 Å². The van der Waals surface area contributed by atoms with Gasteiger partial charge in [-0.2, -0.15) is 0 Å². The average Bonchev–Trinajstić information content (AvgIpc) is 3.01. The van der Waals surface area contributed by atoms with Crippen molar-refractivity contribution in [1.82, 2.24) is 9.38 Å². The molecular weight excluding hydrogens is 342 g/mol. The summed E-state index contributed by atoms with van der Waals surface area (Å²) in [7, 11) is 3.87. The number of aryl methyl sites for hydroxylation is 1. The minimum atomic E-state index is -0.292. The Hall–Kier alpha value is -3.61. The maximum atomic E-state index is 12.6. The van der Waals surface area contributed by atoms with Crippen LogP contribution in [0.2, 0.25) is 0 Å². The number of nitrogens with one attached hydrogen (secondary N) is 1. The number of benzene rings is 2. The van der Waals surface area contributed by atoms with E-state index in [1.165, 1.54) is 6.07 Å². The van der Waals surface area contributed by atoms with Gasteiger partial charge in [-0.15, -0.1) is 0 Å². The number of nitrogens with zero attached hydrogens (tertiary/aromatic N) is 2. The van der Waals surface area contributed by atoms with Crippen molar-refractivity contribution in [1.29, 1.82) is 0 Å². The van der Waals surface area contributed by atoms with E-state index in [-0.39, 0.29) is 11.4 Å². The molecule has 0 fully saturated rings. The number of anilines is 3. The average molecular weight is 363 g/mol. The van der Waals surface area contributed by atoms with E-state index in [1.54, 1.807) is 16.7 Å². The Morgan fingerprint density at radius 1 is 1.07 bits per heavy atom. The van der Waals surface area contributed by atoms with Crippen LogP contribution >= 0.6 is 0 Å². The molecule has 138 valence electrons. The Morgan fingerprint density at radius 3 is 2.52 bits per heavy atom. The maximum absolute atomic E-state index is 12.6. The highest BCUT2D eigenvalue weighted by Crippen LogP contribution is 2.34. The van der Waals surface area contributed by atoms with Crippen molar-refractivity contribution in [3.63, 3.8) is 0 Å². The second-order valence-electron chi connectivity index (χ2n) is 6.94. The summed E-state index contributed by atoms with van der Waals surface area (Å²) in [4.78, 5) is 17.3. The molecule has 4 rings (SSSR count). The number of hydrogen-bond acceptors (Lipinski definition) is 5. The van der Waals surface area contributed by atoms with Gasteiger partial charge in [0.1, 0.15) is 5.75 Å². The molecule has 7 heteroatoms. The molecule has 2 aromatic carbocycles. The van der Waals surface area contributed by atoms with Gasteiger partial charge in [0.05, 0.1) is 11.0 Å². The van der Waals surface area contributed by atoms with Crippen molar-refractivity contribution in [3.8, 4) is 5.75 Å². The normalized spacial score (nSPS) is 11.4. The van der Waals surface area contributed by atoms with Gasteiger partial charge in [-0.25, -0.2) is 4.79 Å². The number of fused-ring (bicyclic) bond motifs is 7. The van der Waals surface area contributed by atoms with Gasteiger partial charge < -0.3 is 26.5 Å². The van der Waals surface area contributed by atoms with Gasteiger partial charge in [0.15, 0.2) is 0 Å². The standard InChI is InChI=1S/C20H21N5O2/c1-10-11-4-12(24(2)3)6-13(5-11)25-17(9-23-20(25)27)15-7-14(19(10)22)16(21)8-18(15)26/h4-9,26H,21-22H2,1-3H3,(H,23,27). The Balaban J connectivity index is 2.45. The van der Waals surface area contributed by atoms with Crippen molar-refractivity contribution in [2.75, 3.05) is 30.5 Å². The van der Waals surface area contributed by atoms with Gasteiger partial charge in [-0.1, -0.05) is 0 Å². The summed E-state index contributed by atoms with van der Waals surface area (Å²) in [5, 5.41) is 12.5. The van der Waals surface area contributed by atoms with Crippen LogP contribution in [0.1, 0.15) is 5.56 Å². The monoisotopic (exact) mass is 363 g/mol. The van der Waals surface area contributed by atoms with Crippen molar-refractivity contribution in [2.24, 2.45) is 0 Å². The van der Waals surface area contributed by atoms with Gasteiger partial charge in [0, 0.05) is 54.2 Å². The molecule has 0 aliphatic heterocycles. The van der Waals surface area contributed by atoms with Crippen molar-refractivity contribution in [2.45, 2.75) is 6.92 Å². The number of phenols is 1. The van der Waals surface area contributed by atoms with Gasteiger partial charge in [0.25, 0.3) is 0 Å². The van der Waals surface area contributed by atoms with Crippen molar-refractivity contribution < 1.29 is 5.11 Å². The van der Waals surface area contributed by atoms with E-state index in [9.17, 15) is 9.90 Å². The maximum Gasteiger partial charge on any atom is 0.330 e. The van der Waals surface area contributed by atoms with E-state index in [4.69, 9.17) is 11.5 Å². The SMILES string of the molecule is Cc1c(N)c2cc(c(O)cc2N)c2c[nH]c(=O)n2c2cc(N(C)C)cc1c2. The molecule has 6 N–H and O–H groups in total. The molecule has 0 atom stereocenters. The lowest BCUT2D eigenvalue weighted by Crippen LogP contribution is -2.11. The molecule has 4 bridgehead atoms. The third-order valence-electron chi connectivity index (χ3n) is 5.02. The topological polar surface area (TPSA) is 113 Å². The zero-order valence-corrected chi connectivity index (χ0v) is 15.4. The smallest absolute Gasteiger partial charge is 0.330 e. The number of rotatable bonds is 1. The fraction of sp³-hybridized carbons (Fsp3) is 0.150. The molecule has 27 heavy (non-hydrogen) atoms. The molecule has 4 aromatic rings. The van der Waals surface area contributed by atoms with E-state index in [1.807, 2.05) is 44.1 Å². The van der Waals surface area contributed by atoms with Crippen LogP contribution in [0.5, 0.6) is 5.75 Å². The highest BCUT2D eigenvalue weighted by Gasteiger charge is 2.12. The van der Waals surface area contributed by atoms with E-state index in [0.717, 1.165) is 16.6 Å². The van der Waals surface area contributed by atoms with E-state index in [2.05, 4.69) is 4.98 Å². The molecule has 0 spiro atoms. The first-order valence-electron chi connectivity index (χ1n) is 8.51. The van der Waals surface area contributed by atoms with E-state index < -0.39 is 0 Å². The summed E-state index contributed by atoms with van der Waals surface area (Å²) < 4.78 is 1.54. The second-order valence-corrected chi connectivity index (χ2v) is 6.94. The molecule has 0 unspecified atom stereocenters. The second kappa shape index (κ2) is 5.70. The first-order valence-corrected chi connectivity index (χ1v) is 8.51. The number of aromatic nitrogens is 2. The third kappa shape index (κ3) is 2.47. The van der Waals surface area contributed by atoms with Crippen molar-refractivity contribution >= 4 is 44.3 Å². The summed E-state index contributed by atoms with van der Waals surface area (Å²) in [5.74, 6) is -0.0148. The summed E-state index contributed by atoms with van der Waals surface area (Å²) >= 11 is 0. The molecule has 0 aliphatic carbocycles. The summed E-state index contributed by atoms with van der Waals surface area (Å²) in [6.45, 7) is 1.92. The Kier molecular flexibility index (Phi) is 3.56. The van der Waals surface area contributed by atoms with Crippen molar-refractivity contribution in [3.05, 3.63) is 52.6 Å². The fourth-order valence-electron chi connectivity index (χ4n) is 3.42. The summed E-state index contributed by atoms with van der Waals surface area (Å²) in [6, 6.07) is 9.03. The molecule has 0 radical (unpaired) electrons. The lowest BCUT2D eigenvalue weighted by Gasteiger charge is -2.15. The Bertz CT molecular complexity index is 1320. The van der Waals surface area contributed by atoms with E-state index in [0.29, 0.717) is 33.2 Å². The molecule has 0 saturated carbocycles. The van der Waals surface area contributed by atoms with Gasteiger partial charge in [0.2, 0.25) is 0 Å². The fourth-order valence-corrected chi connectivity index (χ4v) is 3.42. The van der Waals surface area contributed by atoms with Crippen LogP contribution in [0.4, 0.5) is 17.1 Å². The number of hydrogen-bond donors (Lipinski definition) is 4. The lowest BCUT2D eigenvalue weighted by molar-refractivity contribution is 0.482. The van der Waals surface area contributed by atoms with Crippen LogP contribution in [0, 0.1) is 6.92 Å². The zero-order chi connectivity index (χ0) is 19.5. The lowest BCUT2D eigenvalue weighted by atomic mass is 10.0. The largest absolute Gasteiger partial charge is 0.507 e. The predicted molar refractivity (Wildman–Crippen MR) is 111 cm³/mol.